The second kappa shape index (κ2) is 4.85. The number of aromatic nitrogens is 2. The lowest BCUT2D eigenvalue weighted by atomic mass is 10.3. The molecule has 1 heterocycles. The summed E-state index contributed by atoms with van der Waals surface area (Å²) >= 11 is 1.47. The Bertz CT molecular complexity index is 490. The summed E-state index contributed by atoms with van der Waals surface area (Å²) in [6, 6.07) is 7.74. The number of nitrogens with two attached hydrogens (primary N) is 1. The van der Waals surface area contributed by atoms with Gasteiger partial charge in [0.15, 0.2) is 0 Å². The van der Waals surface area contributed by atoms with Crippen LogP contribution in [0.3, 0.4) is 0 Å². The largest absolute Gasteiger partial charge is 0.496 e. The van der Waals surface area contributed by atoms with Crippen molar-refractivity contribution < 1.29 is 4.74 Å². The van der Waals surface area contributed by atoms with Gasteiger partial charge in [-0.2, -0.15) is 0 Å². The van der Waals surface area contributed by atoms with E-state index >= 15 is 0 Å². The summed E-state index contributed by atoms with van der Waals surface area (Å²) in [5.41, 5.74) is 5.56. The number of ether oxygens (including phenoxy) is 1. The van der Waals surface area contributed by atoms with E-state index in [1.165, 1.54) is 18.0 Å². The molecule has 1 aromatic carbocycles. The van der Waals surface area contributed by atoms with E-state index in [0.717, 1.165) is 15.7 Å². The van der Waals surface area contributed by atoms with Crippen LogP contribution in [0.5, 0.6) is 5.75 Å². The van der Waals surface area contributed by atoms with Gasteiger partial charge in [0.1, 0.15) is 16.6 Å². The predicted molar refractivity (Wildman–Crippen MR) is 63.6 cm³/mol. The van der Waals surface area contributed by atoms with Gasteiger partial charge in [0.05, 0.1) is 24.4 Å². The zero-order valence-corrected chi connectivity index (χ0v) is 9.57. The van der Waals surface area contributed by atoms with Gasteiger partial charge in [-0.1, -0.05) is 23.9 Å². The molecule has 0 unspecified atom stereocenters. The SMILES string of the molecule is COc1ccccc1Sc1cncc(N)n1. The van der Waals surface area contributed by atoms with E-state index in [1.54, 1.807) is 13.3 Å². The Morgan fingerprint density at radius 1 is 1.25 bits per heavy atom. The maximum Gasteiger partial charge on any atom is 0.143 e. The summed E-state index contributed by atoms with van der Waals surface area (Å²) in [7, 11) is 1.64. The van der Waals surface area contributed by atoms with E-state index in [-0.39, 0.29) is 0 Å². The molecule has 0 aliphatic carbocycles. The molecule has 0 aliphatic heterocycles. The fourth-order valence-corrected chi connectivity index (χ4v) is 2.12. The molecule has 0 bridgehead atoms. The minimum atomic E-state index is 0.417. The maximum atomic E-state index is 5.56. The van der Waals surface area contributed by atoms with Crippen LogP contribution in [-0.4, -0.2) is 17.1 Å². The molecule has 0 atom stereocenters. The highest BCUT2D eigenvalue weighted by Gasteiger charge is 2.05. The summed E-state index contributed by atoms with van der Waals surface area (Å²) in [5.74, 6) is 1.23. The molecule has 2 aromatic rings. The molecule has 16 heavy (non-hydrogen) atoms. The van der Waals surface area contributed by atoms with Crippen LogP contribution in [0.15, 0.2) is 46.6 Å². The van der Waals surface area contributed by atoms with E-state index in [4.69, 9.17) is 10.5 Å². The first kappa shape index (κ1) is 10.8. The zero-order chi connectivity index (χ0) is 11.4. The average Bonchev–Trinajstić information content (AvgIpc) is 2.30. The van der Waals surface area contributed by atoms with Gasteiger partial charge in [-0.25, -0.2) is 4.98 Å². The third-order valence-corrected chi connectivity index (χ3v) is 2.88. The number of methoxy groups -OCH3 is 1. The summed E-state index contributed by atoms with van der Waals surface area (Å²) < 4.78 is 5.25. The smallest absolute Gasteiger partial charge is 0.143 e. The molecule has 1 aromatic heterocycles. The van der Waals surface area contributed by atoms with E-state index in [9.17, 15) is 0 Å². The molecule has 0 radical (unpaired) electrons. The van der Waals surface area contributed by atoms with Gasteiger partial charge in [-0.05, 0) is 12.1 Å². The Morgan fingerprint density at radius 3 is 2.81 bits per heavy atom. The van der Waals surface area contributed by atoms with Gasteiger partial charge in [0.25, 0.3) is 0 Å². The monoisotopic (exact) mass is 233 g/mol. The van der Waals surface area contributed by atoms with E-state index in [0.29, 0.717) is 5.82 Å². The Balaban J connectivity index is 2.26. The fraction of sp³-hybridized carbons (Fsp3) is 0.0909. The Hall–Kier alpha value is -1.75. The molecule has 0 saturated carbocycles. The van der Waals surface area contributed by atoms with E-state index in [1.807, 2.05) is 24.3 Å². The number of anilines is 1. The topological polar surface area (TPSA) is 61.0 Å². The van der Waals surface area contributed by atoms with Crippen LogP contribution < -0.4 is 10.5 Å². The number of para-hydroxylation sites is 1. The standard InChI is InChI=1S/C11H11N3OS/c1-15-8-4-2-3-5-9(8)16-11-7-13-6-10(12)14-11/h2-7H,1H3,(H2,12,14). The van der Waals surface area contributed by atoms with Crippen LogP contribution in [0.1, 0.15) is 0 Å². The highest BCUT2D eigenvalue weighted by Crippen LogP contribution is 2.33. The van der Waals surface area contributed by atoms with Crippen molar-refractivity contribution in [2.24, 2.45) is 0 Å². The molecular weight excluding hydrogens is 222 g/mol. The van der Waals surface area contributed by atoms with Crippen molar-refractivity contribution in [2.75, 3.05) is 12.8 Å². The molecule has 0 fully saturated rings. The van der Waals surface area contributed by atoms with Gasteiger partial charge in [-0.15, -0.1) is 0 Å². The van der Waals surface area contributed by atoms with Crippen molar-refractivity contribution >= 4 is 17.6 Å². The molecular formula is C11H11N3OS. The lowest BCUT2D eigenvalue weighted by Crippen LogP contribution is -1.92. The molecule has 2 rings (SSSR count). The number of hydrogen-bond donors (Lipinski definition) is 1. The Morgan fingerprint density at radius 2 is 2.06 bits per heavy atom. The first-order chi connectivity index (χ1) is 7.79. The van der Waals surface area contributed by atoms with Crippen LogP contribution in [0.25, 0.3) is 0 Å². The fourth-order valence-electron chi connectivity index (χ4n) is 1.23. The van der Waals surface area contributed by atoms with Crippen LogP contribution in [-0.2, 0) is 0 Å². The van der Waals surface area contributed by atoms with Crippen LogP contribution in [0.4, 0.5) is 5.82 Å². The summed E-state index contributed by atoms with van der Waals surface area (Å²) in [6.45, 7) is 0. The number of nitrogens with zero attached hydrogens (tertiary/aromatic N) is 2. The lowest BCUT2D eigenvalue weighted by Gasteiger charge is -2.06. The second-order valence-corrected chi connectivity index (χ2v) is 4.10. The molecule has 5 heteroatoms. The minimum absolute atomic E-state index is 0.417. The number of benzene rings is 1. The van der Waals surface area contributed by atoms with Crippen molar-refractivity contribution in [3.05, 3.63) is 36.7 Å². The molecule has 82 valence electrons. The molecule has 0 spiro atoms. The molecule has 0 amide bonds. The number of nitrogen functional groups attached to an aromatic ring is 1. The van der Waals surface area contributed by atoms with Crippen molar-refractivity contribution in [2.45, 2.75) is 9.92 Å². The molecule has 2 N–H and O–H groups in total. The minimum Gasteiger partial charge on any atom is -0.496 e. The van der Waals surface area contributed by atoms with E-state index in [2.05, 4.69) is 9.97 Å². The third kappa shape index (κ3) is 2.43. The highest BCUT2D eigenvalue weighted by molar-refractivity contribution is 7.99. The summed E-state index contributed by atoms with van der Waals surface area (Å²) in [5, 5.41) is 0.754. The Kier molecular flexibility index (Phi) is 3.26. The van der Waals surface area contributed by atoms with Crippen LogP contribution >= 0.6 is 11.8 Å². The zero-order valence-electron chi connectivity index (χ0n) is 8.75. The van der Waals surface area contributed by atoms with Gasteiger partial charge >= 0.3 is 0 Å². The number of rotatable bonds is 3. The van der Waals surface area contributed by atoms with Crippen molar-refractivity contribution in [3.63, 3.8) is 0 Å². The predicted octanol–water partition coefficient (Wildman–Crippen LogP) is 2.22. The maximum absolute atomic E-state index is 5.56. The van der Waals surface area contributed by atoms with Gasteiger partial charge in [0.2, 0.25) is 0 Å². The van der Waals surface area contributed by atoms with Gasteiger partial charge < -0.3 is 10.5 Å². The first-order valence-corrected chi connectivity index (χ1v) is 5.49. The van der Waals surface area contributed by atoms with Crippen LogP contribution in [0, 0.1) is 0 Å². The average molecular weight is 233 g/mol. The van der Waals surface area contributed by atoms with Crippen LogP contribution in [0.2, 0.25) is 0 Å². The van der Waals surface area contributed by atoms with Crippen molar-refractivity contribution in [3.8, 4) is 5.75 Å². The normalized spacial score (nSPS) is 10.1. The quantitative estimate of drug-likeness (QED) is 0.880. The van der Waals surface area contributed by atoms with Crippen molar-refractivity contribution in [1.29, 1.82) is 0 Å². The first-order valence-electron chi connectivity index (χ1n) is 4.68. The second-order valence-electron chi connectivity index (χ2n) is 3.04. The highest BCUT2D eigenvalue weighted by atomic mass is 32.2. The molecule has 0 aliphatic rings. The summed E-state index contributed by atoms with van der Waals surface area (Å²) in [6.07, 6.45) is 3.19. The molecule has 0 saturated heterocycles. The lowest BCUT2D eigenvalue weighted by molar-refractivity contribution is 0.405. The van der Waals surface area contributed by atoms with E-state index < -0.39 is 0 Å². The van der Waals surface area contributed by atoms with Gasteiger partial charge in [-0.3, -0.25) is 4.98 Å². The summed E-state index contributed by atoms with van der Waals surface area (Å²) in [4.78, 5) is 9.14. The Labute approximate surface area is 97.9 Å². The van der Waals surface area contributed by atoms with Gasteiger partial charge in [0, 0.05) is 0 Å². The molecule has 4 nitrogen and oxygen atoms in total. The van der Waals surface area contributed by atoms with Crippen molar-refractivity contribution in [1.82, 2.24) is 9.97 Å². The third-order valence-electron chi connectivity index (χ3n) is 1.91. The number of hydrogen-bond acceptors (Lipinski definition) is 5.